The Hall–Kier alpha value is -3.21. The molecule has 0 bridgehead atoms. The van der Waals surface area contributed by atoms with Gasteiger partial charge in [-0.2, -0.15) is 5.26 Å². The molecule has 0 fully saturated rings. The van der Waals surface area contributed by atoms with Crippen molar-refractivity contribution in [3.63, 3.8) is 0 Å². The lowest BCUT2D eigenvalue weighted by molar-refractivity contribution is -0.384. The molecule has 0 atom stereocenters. The zero-order valence-corrected chi connectivity index (χ0v) is 14.8. The molecular weight excluding hydrogens is 372 g/mol. The summed E-state index contributed by atoms with van der Waals surface area (Å²) in [6.07, 6.45) is 1.53. The van der Waals surface area contributed by atoms with E-state index in [4.69, 9.17) is 11.6 Å². The number of rotatable bonds is 5. The molecule has 1 heterocycles. The van der Waals surface area contributed by atoms with Gasteiger partial charge in [0.2, 0.25) is 0 Å². The highest BCUT2D eigenvalue weighted by molar-refractivity contribution is 7.11. The first-order valence-electron chi connectivity index (χ1n) is 7.40. The largest absolute Gasteiger partial charge is 0.360 e. The van der Waals surface area contributed by atoms with Crippen molar-refractivity contribution in [2.45, 2.75) is 0 Å². The van der Waals surface area contributed by atoms with E-state index in [1.807, 2.05) is 17.5 Å². The van der Waals surface area contributed by atoms with Crippen molar-refractivity contribution >= 4 is 39.9 Å². The van der Waals surface area contributed by atoms with Gasteiger partial charge in [-0.25, -0.2) is 4.98 Å². The number of allylic oxidation sites excluding steroid dienone is 1. The predicted molar refractivity (Wildman–Crippen MR) is 103 cm³/mol. The molecule has 0 spiro atoms. The van der Waals surface area contributed by atoms with Crippen LogP contribution in [-0.2, 0) is 0 Å². The molecule has 0 radical (unpaired) electrons. The summed E-state index contributed by atoms with van der Waals surface area (Å²) in [7, 11) is 0. The van der Waals surface area contributed by atoms with Crippen LogP contribution < -0.4 is 5.32 Å². The standard InChI is InChI=1S/C18H11ClN4O2S/c19-14-3-1-12(2-4-14)17-11-26-18(22-17)13(9-20)10-21-15-5-7-16(8-6-15)23(24)25/h1-8,10-11,21H/b13-10+. The molecule has 8 heteroatoms. The van der Waals surface area contributed by atoms with Crippen molar-refractivity contribution in [2.24, 2.45) is 0 Å². The second-order valence-corrected chi connectivity index (χ2v) is 6.46. The molecule has 2 aromatic carbocycles. The molecule has 3 rings (SSSR count). The van der Waals surface area contributed by atoms with Gasteiger partial charge in [-0.05, 0) is 24.3 Å². The summed E-state index contributed by atoms with van der Waals surface area (Å²) in [6.45, 7) is 0. The minimum atomic E-state index is -0.464. The van der Waals surface area contributed by atoms with Crippen molar-refractivity contribution in [1.82, 2.24) is 4.98 Å². The number of aromatic nitrogens is 1. The third-order valence-corrected chi connectivity index (χ3v) is 4.58. The maximum Gasteiger partial charge on any atom is 0.269 e. The smallest absolute Gasteiger partial charge is 0.269 e. The number of benzene rings is 2. The van der Waals surface area contributed by atoms with Crippen molar-refractivity contribution < 1.29 is 4.92 Å². The number of nitro groups is 1. The SMILES string of the molecule is N#C/C(=C\Nc1ccc([N+](=O)[O-])cc1)c1nc(-c2ccc(Cl)cc2)cs1. The monoisotopic (exact) mass is 382 g/mol. The molecule has 0 aliphatic heterocycles. The van der Waals surface area contributed by atoms with E-state index in [-0.39, 0.29) is 5.69 Å². The van der Waals surface area contributed by atoms with E-state index in [1.165, 1.54) is 29.7 Å². The van der Waals surface area contributed by atoms with Gasteiger partial charge in [0, 0.05) is 40.0 Å². The van der Waals surface area contributed by atoms with E-state index in [1.54, 1.807) is 24.3 Å². The van der Waals surface area contributed by atoms with Crippen molar-refractivity contribution in [3.05, 3.63) is 80.3 Å². The van der Waals surface area contributed by atoms with E-state index in [0.29, 0.717) is 21.3 Å². The van der Waals surface area contributed by atoms with E-state index in [2.05, 4.69) is 16.4 Å². The Bertz CT molecular complexity index is 1000. The number of hydrogen-bond acceptors (Lipinski definition) is 6. The lowest BCUT2D eigenvalue weighted by Gasteiger charge is -2.01. The van der Waals surface area contributed by atoms with Crippen molar-refractivity contribution in [2.75, 3.05) is 5.32 Å². The summed E-state index contributed by atoms with van der Waals surface area (Å²) in [4.78, 5) is 14.7. The highest BCUT2D eigenvalue weighted by Crippen LogP contribution is 2.27. The molecule has 0 aliphatic carbocycles. The van der Waals surface area contributed by atoms with Crippen LogP contribution in [0.25, 0.3) is 16.8 Å². The van der Waals surface area contributed by atoms with Crippen LogP contribution in [0.15, 0.2) is 60.1 Å². The molecule has 0 unspecified atom stereocenters. The van der Waals surface area contributed by atoms with Gasteiger partial charge in [-0.15, -0.1) is 11.3 Å². The number of anilines is 1. The maximum absolute atomic E-state index is 10.7. The van der Waals surface area contributed by atoms with Gasteiger partial charge >= 0.3 is 0 Å². The number of nitro benzene ring substituents is 1. The summed E-state index contributed by atoms with van der Waals surface area (Å²) in [6, 6.07) is 15.3. The Kier molecular flexibility index (Phi) is 5.27. The third kappa shape index (κ3) is 4.06. The first-order valence-corrected chi connectivity index (χ1v) is 8.65. The van der Waals surface area contributed by atoms with E-state index >= 15 is 0 Å². The Morgan fingerprint density at radius 3 is 2.54 bits per heavy atom. The Morgan fingerprint density at radius 1 is 1.23 bits per heavy atom. The highest BCUT2D eigenvalue weighted by atomic mass is 35.5. The van der Waals surface area contributed by atoms with Crippen molar-refractivity contribution in [1.29, 1.82) is 5.26 Å². The van der Waals surface area contributed by atoms with E-state index in [0.717, 1.165) is 11.3 Å². The molecular formula is C18H11ClN4O2S. The van der Waals surface area contributed by atoms with E-state index in [9.17, 15) is 15.4 Å². The molecule has 0 saturated heterocycles. The first kappa shape index (κ1) is 17.6. The van der Waals surface area contributed by atoms with E-state index < -0.39 is 4.92 Å². The number of nitriles is 1. The Balaban J connectivity index is 1.78. The molecule has 128 valence electrons. The second-order valence-electron chi connectivity index (χ2n) is 5.16. The fourth-order valence-electron chi connectivity index (χ4n) is 2.13. The third-order valence-electron chi connectivity index (χ3n) is 3.46. The van der Waals surface area contributed by atoms with Gasteiger partial charge < -0.3 is 5.32 Å². The second kappa shape index (κ2) is 7.78. The predicted octanol–water partition coefficient (Wildman–Crippen LogP) is 5.35. The molecule has 26 heavy (non-hydrogen) atoms. The molecule has 0 amide bonds. The van der Waals surface area contributed by atoms with Crippen LogP contribution in [0.5, 0.6) is 0 Å². The number of hydrogen-bond donors (Lipinski definition) is 1. The zero-order chi connectivity index (χ0) is 18.5. The number of nitrogens with zero attached hydrogens (tertiary/aromatic N) is 3. The fourth-order valence-corrected chi connectivity index (χ4v) is 3.05. The number of non-ortho nitro benzene ring substituents is 1. The highest BCUT2D eigenvalue weighted by Gasteiger charge is 2.09. The summed E-state index contributed by atoms with van der Waals surface area (Å²) in [5.41, 5.74) is 2.69. The zero-order valence-electron chi connectivity index (χ0n) is 13.2. The van der Waals surface area contributed by atoms with Gasteiger partial charge in [0.05, 0.1) is 10.6 Å². The number of halogens is 1. The summed E-state index contributed by atoms with van der Waals surface area (Å²) in [5, 5.41) is 26.1. The summed E-state index contributed by atoms with van der Waals surface area (Å²) in [5.74, 6) is 0. The first-order chi connectivity index (χ1) is 12.6. The van der Waals surface area contributed by atoms with Gasteiger partial charge in [0.1, 0.15) is 16.6 Å². The topological polar surface area (TPSA) is 91.8 Å². The van der Waals surface area contributed by atoms with Crippen LogP contribution in [0, 0.1) is 21.4 Å². The minimum absolute atomic E-state index is 0.00701. The summed E-state index contributed by atoms with van der Waals surface area (Å²) < 4.78 is 0. The fraction of sp³-hybridized carbons (Fsp3) is 0. The van der Waals surface area contributed by atoms with Crippen LogP contribution in [0.4, 0.5) is 11.4 Å². The normalized spacial score (nSPS) is 11.0. The average molecular weight is 383 g/mol. The van der Waals surface area contributed by atoms with Gasteiger partial charge in [-0.3, -0.25) is 10.1 Å². The van der Waals surface area contributed by atoms with Crippen LogP contribution in [-0.4, -0.2) is 9.91 Å². The quantitative estimate of drug-likeness (QED) is 0.365. The van der Waals surface area contributed by atoms with Crippen LogP contribution >= 0.6 is 22.9 Å². The molecule has 0 aliphatic rings. The number of nitrogens with one attached hydrogen (secondary N) is 1. The molecule has 1 aromatic heterocycles. The molecule has 0 saturated carbocycles. The van der Waals surface area contributed by atoms with Gasteiger partial charge in [0.15, 0.2) is 0 Å². The van der Waals surface area contributed by atoms with Crippen molar-refractivity contribution in [3.8, 4) is 17.3 Å². The van der Waals surface area contributed by atoms with Crippen LogP contribution in [0.3, 0.4) is 0 Å². The molecule has 3 aromatic rings. The lowest BCUT2D eigenvalue weighted by Crippen LogP contribution is -1.92. The van der Waals surface area contributed by atoms with Gasteiger partial charge in [-0.1, -0.05) is 23.7 Å². The average Bonchev–Trinajstić information content (AvgIpc) is 3.13. The number of thiazole rings is 1. The summed E-state index contributed by atoms with van der Waals surface area (Å²) >= 11 is 7.25. The Labute approximate surface area is 158 Å². The van der Waals surface area contributed by atoms with Crippen LogP contribution in [0.1, 0.15) is 5.01 Å². The molecule has 6 nitrogen and oxygen atoms in total. The lowest BCUT2D eigenvalue weighted by atomic mass is 10.2. The van der Waals surface area contributed by atoms with Gasteiger partial charge in [0.25, 0.3) is 5.69 Å². The van der Waals surface area contributed by atoms with Crippen LogP contribution in [0.2, 0.25) is 5.02 Å². The molecule has 1 N–H and O–H groups in total. The maximum atomic E-state index is 10.7. The Morgan fingerprint density at radius 2 is 1.92 bits per heavy atom. The minimum Gasteiger partial charge on any atom is -0.360 e.